The molecule has 0 aliphatic heterocycles. The maximum atomic E-state index is 10.5. The Kier molecular flexibility index (Phi) is 5.61. The minimum atomic E-state index is -2.18. The summed E-state index contributed by atoms with van der Waals surface area (Å²) in [6, 6.07) is 0. The SMILES string of the molecule is CCCCOC(O)(CO)OC(C)=O. The van der Waals surface area contributed by atoms with Gasteiger partial charge in [0.05, 0.1) is 6.61 Å². The van der Waals surface area contributed by atoms with Crippen molar-refractivity contribution in [2.75, 3.05) is 13.2 Å². The lowest BCUT2D eigenvalue weighted by Crippen LogP contribution is -2.41. The molecule has 1 unspecified atom stereocenters. The molecule has 0 aromatic rings. The lowest BCUT2D eigenvalue weighted by Gasteiger charge is -2.24. The summed E-state index contributed by atoms with van der Waals surface area (Å²) < 4.78 is 9.17. The molecular weight excluding hydrogens is 176 g/mol. The van der Waals surface area contributed by atoms with Gasteiger partial charge in [0.1, 0.15) is 6.61 Å². The molecule has 0 aromatic carbocycles. The van der Waals surface area contributed by atoms with Crippen LogP contribution in [0.15, 0.2) is 0 Å². The Hall–Kier alpha value is -0.650. The van der Waals surface area contributed by atoms with Gasteiger partial charge in [0.2, 0.25) is 0 Å². The zero-order chi connectivity index (χ0) is 10.3. The highest BCUT2D eigenvalue weighted by molar-refractivity contribution is 5.66. The molecule has 0 radical (unpaired) electrons. The number of carbonyl (C=O) groups is 1. The number of esters is 1. The molecule has 0 rings (SSSR count). The van der Waals surface area contributed by atoms with E-state index in [1.165, 1.54) is 0 Å². The first-order valence-electron chi connectivity index (χ1n) is 4.21. The fourth-order valence-electron chi connectivity index (χ4n) is 0.708. The highest BCUT2D eigenvalue weighted by atomic mass is 16.8. The van der Waals surface area contributed by atoms with Crippen molar-refractivity contribution in [3.8, 4) is 0 Å². The van der Waals surface area contributed by atoms with Gasteiger partial charge in [-0.2, -0.15) is 0 Å². The summed E-state index contributed by atoms with van der Waals surface area (Å²) in [7, 11) is 0. The molecule has 2 N–H and O–H groups in total. The molecule has 13 heavy (non-hydrogen) atoms. The number of carbonyl (C=O) groups excluding carboxylic acids is 1. The van der Waals surface area contributed by atoms with E-state index in [9.17, 15) is 9.90 Å². The van der Waals surface area contributed by atoms with Crippen LogP contribution in [0.1, 0.15) is 26.7 Å². The van der Waals surface area contributed by atoms with E-state index in [0.29, 0.717) is 0 Å². The third kappa shape index (κ3) is 5.57. The number of ether oxygens (including phenoxy) is 2. The van der Waals surface area contributed by atoms with Gasteiger partial charge in [-0.3, -0.25) is 4.79 Å². The third-order valence-electron chi connectivity index (χ3n) is 1.33. The van der Waals surface area contributed by atoms with Gasteiger partial charge in [0.25, 0.3) is 0 Å². The van der Waals surface area contributed by atoms with Gasteiger partial charge in [-0.15, -0.1) is 0 Å². The van der Waals surface area contributed by atoms with E-state index >= 15 is 0 Å². The smallest absolute Gasteiger partial charge is 0.351 e. The standard InChI is InChI=1S/C8H16O5/c1-3-4-5-12-8(11,6-9)13-7(2)10/h9,11H,3-6H2,1-2H3. The van der Waals surface area contributed by atoms with Crippen molar-refractivity contribution in [3.63, 3.8) is 0 Å². The van der Waals surface area contributed by atoms with Crippen LogP contribution in [0.25, 0.3) is 0 Å². The minimum Gasteiger partial charge on any atom is -0.406 e. The van der Waals surface area contributed by atoms with E-state index in [-0.39, 0.29) is 6.61 Å². The van der Waals surface area contributed by atoms with E-state index in [1.807, 2.05) is 6.92 Å². The van der Waals surface area contributed by atoms with Crippen molar-refractivity contribution in [2.45, 2.75) is 32.7 Å². The topological polar surface area (TPSA) is 76.0 Å². The van der Waals surface area contributed by atoms with Crippen LogP contribution in [0.2, 0.25) is 0 Å². The number of unbranched alkanes of at least 4 members (excludes halogenated alkanes) is 1. The highest BCUT2D eigenvalue weighted by Crippen LogP contribution is 2.09. The zero-order valence-corrected chi connectivity index (χ0v) is 7.95. The lowest BCUT2D eigenvalue weighted by molar-refractivity contribution is -0.353. The predicted octanol–water partition coefficient (Wildman–Crippen LogP) is 0.00460. The summed E-state index contributed by atoms with van der Waals surface area (Å²) in [6.45, 7) is 2.55. The normalized spacial score (nSPS) is 15.1. The van der Waals surface area contributed by atoms with Crippen LogP contribution >= 0.6 is 0 Å². The van der Waals surface area contributed by atoms with Crippen LogP contribution in [0.3, 0.4) is 0 Å². The molecule has 5 heteroatoms. The van der Waals surface area contributed by atoms with Crippen LogP contribution in [0.5, 0.6) is 0 Å². The molecule has 0 aliphatic carbocycles. The van der Waals surface area contributed by atoms with Crippen LogP contribution < -0.4 is 0 Å². The van der Waals surface area contributed by atoms with Crippen molar-refractivity contribution >= 4 is 5.97 Å². The first kappa shape index (κ1) is 12.3. The van der Waals surface area contributed by atoms with Gasteiger partial charge in [0, 0.05) is 6.92 Å². The molecule has 1 atom stereocenters. The van der Waals surface area contributed by atoms with Crippen molar-refractivity contribution in [1.29, 1.82) is 0 Å². The maximum absolute atomic E-state index is 10.5. The lowest BCUT2D eigenvalue weighted by atomic mass is 10.4. The number of rotatable bonds is 6. The molecule has 0 heterocycles. The minimum absolute atomic E-state index is 0.237. The first-order valence-corrected chi connectivity index (χ1v) is 4.21. The molecule has 78 valence electrons. The Balaban J connectivity index is 3.88. The zero-order valence-electron chi connectivity index (χ0n) is 7.95. The number of hydrogen-bond acceptors (Lipinski definition) is 5. The molecule has 0 aliphatic rings. The molecule has 0 aromatic heterocycles. The summed E-state index contributed by atoms with van der Waals surface area (Å²) in [5, 5.41) is 18.0. The molecule has 0 saturated carbocycles. The Labute approximate surface area is 77.3 Å². The van der Waals surface area contributed by atoms with Gasteiger partial charge >= 0.3 is 11.9 Å². The fraction of sp³-hybridized carbons (Fsp3) is 0.875. The van der Waals surface area contributed by atoms with E-state index in [1.54, 1.807) is 0 Å². The van der Waals surface area contributed by atoms with Crippen molar-refractivity contribution in [1.82, 2.24) is 0 Å². The van der Waals surface area contributed by atoms with E-state index in [0.717, 1.165) is 19.8 Å². The Morgan fingerprint density at radius 2 is 2.15 bits per heavy atom. The summed E-state index contributed by atoms with van der Waals surface area (Å²) in [4.78, 5) is 10.5. The number of hydrogen-bond donors (Lipinski definition) is 2. The predicted molar refractivity (Wildman–Crippen MR) is 44.7 cm³/mol. The average molecular weight is 192 g/mol. The second-order valence-electron chi connectivity index (χ2n) is 2.67. The summed E-state index contributed by atoms with van der Waals surface area (Å²) >= 11 is 0. The largest absolute Gasteiger partial charge is 0.406 e. The van der Waals surface area contributed by atoms with Gasteiger partial charge in [-0.05, 0) is 6.42 Å². The summed E-state index contributed by atoms with van der Waals surface area (Å²) in [6.07, 6.45) is 1.62. The van der Waals surface area contributed by atoms with E-state index in [2.05, 4.69) is 4.74 Å². The molecule has 0 spiro atoms. The second-order valence-corrected chi connectivity index (χ2v) is 2.67. The van der Waals surface area contributed by atoms with Crippen LogP contribution in [0.4, 0.5) is 0 Å². The maximum Gasteiger partial charge on any atom is 0.351 e. The van der Waals surface area contributed by atoms with Gasteiger partial charge in [-0.1, -0.05) is 13.3 Å². The summed E-state index contributed by atoms with van der Waals surface area (Å²) in [5.41, 5.74) is 0. The van der Waals surface area contributed by atoms with Crippen LogP contribution in [-0.4, -0.2) is 35.4 Å². The van der Waals surface area contributed by atoms with E-state index in [4.69, 9.17) is 9.84 Å². The monoisotopic (exact) mass is 192 g/mol. The van der Waals surface area contributed by atoms with Crippen LogP contribution in [-0.2, 0) is 14.3 Å². The Morgan fingerprint density at radius 1 is 1.54 bits per heavy atom. The fourth-order valence-corrected chi connectivity index (χ4v) is 0.708. The average Bonchev–Trinajstić information content (AvgIpc) is 2.04. The number of aliphatic hydroxyl groups excluding tert-OH is 1. The van der Waals surface area contributed by atoms with Crippen molar-refractivity contribution < 1.29 is 24.5 Å². The van der Waals surface area contributed by atoms with Crippen molar-refractivity contribution in [2.24, 2.45) is 0 Å². The second kappa shape index (κ2) is 5.90. The van der Waals surface area contributed by atoms with Crippen LogP contribution in [0, 0.1) is 0 Å². The highest BCUT2D eigenvalue weighted by Gasteiger charge is 2.30. The Bertz CT molecular complexity index is 159. The van der Waals surface area contributed by atoms with Gasteiger partial charge in [-0.25, -0.2) is 0 Å². The molecule has 5 nitrogen and oxygen atoms in total. The van der Waals surface area contributed by atoms with Gasteiger partial charge < -0.3 is 19.7 Å². The molecule has 0 fully saturated rings. The number of aliphatic hydroxyl groups is 2. The molecule has 0 bridgehead atoms. The van der Waals surface area contributed by atoms with Gasteiger partial charge in [0.15, 0.2) is 0 Å². The van der Waals surface area contributed by atoms with Crippen molar-refractivity contribution in [3.05, 3.63) is 0 Å². The molecular formula is C8H16O5. The quantitative estimate of drug-likeness (QED) is 0.352. The third-order valence-corrected chi connectivity index (χ3v) is 1.33. The molecule has 0 saturated heterocycles. The molecule has 0 amide bonds. The first-order chi connectivity index (χ1) is 6.04. The van der Waals surface area contributed by atoms with E-state index < -0.39 is 18.5 Å². The Morgan fingerprint density at radius 3 is 2.54 bits per heavy atom. The summed E-state index contributed by atoms with van der Waals surface area (Å²) in [5.74, 6) is -2.88.